The first-order valence-electron chi connectivity index (χ1n) is 16.1. The number of thioether (sulfide) groups is 1. The van der Waals surface area contributed by atoms with Crippen molar-refractivity contribution in [1.29, 1.82) is 0 Å². The number of imide groups is 1. The number of aromatic amines is 1. The number of halogens is 2. The van der Waals surface area contributed by atoms with Gasteiger partial charge in [0.2, 0.25) is 11.8 Å². The van der Waals surface area contributed by atoms with E-state index >= 15 is 0 Å². The summed E-state index contributed by atoms with van der Waals surface area (Å²) in [7, 11) is 0. The molecule has 2 N–H and O–H groups in total. The van der Waals surface area contributed by atoms with E-state index in [0.29, 0.717) is 39.5 Å². The average molecular weight is 737 g/mol. The third-order valence-electron chi connectivity index (χ3n) is 10.2. The zero-order valence-corrected chi connectivity index (χ0v) is 29.6. The molecule has 49 heavy (non-hydrogen) atoms. The lowest BCUT2D eigenvalue weighted by Crippen LogP contribution is -2.42. The molecule has 7 atom stereocenters. The molecule has 0 unspecified atom stereocenters. The molecule has 3 aromatic carbocycles. The van der Waals surface area contributed by atoms with Gasteiger partial charge in [-0.05, 0) is 86.1 Å². The smallest absolute Gasteiger partial charge is 0.305 e. The molecule has 9 nitrogen and oxygen atoms in total. The molecule has 2 aliphatic carbocycles. The van der Waals surface area contributed by atoms with E-state index in [2.05, 4.69) is 10.3 Å². The highest BCUT2D eigenvalue weighted by atomic mass is 35.5. The van der Waals surface area contributed by atoms with Crippen LogP contribution in [0.15, 0.2) is 70.5 Å². The maximum atomic E-state index is 14.1. The second-order valence-electron chi connectivity index (χ2n) is 12.9. The van der Waals surface area contributed by atoms with Gasteiger partial charge in [-0.3, -0.25) is 24.1 Å². The van der Waals surface area contributed by atoms with Crippen molar-refractivity contribution >= 4 is 75.4 Å². The number of carbonyl (C=O) groups excluding carboxylic acids is 3. The molecule has 1 aromatic heterocycles. The Kier molecular flexibility index (Phi) is 8.29. The summed E-state index contributed by atoms with van der Waals surface area (Å²) in [4.78, 5) is 58.7. The summed E-state index contributed by atoms with van der Waals surface area (Å²) in [5.74, 6) is -0.691. The Labute approximate surface area is 300 Å². The summed E-state index contributed by atoms with van der Waals surface area (Å²) in [6, 6.07) is 18.0. The molecule has 3 fully saturated rings. The van der Waals surface area contributed by atoms with Gasteiger partial charge < -0.3 is 19.8 Å². The lowest BCUT2D eigenvalue weighted by molar-refractivity contribution is -0.123. The number of rotatable bonds is 8. The van der Waals surface area contributed by atoms with Crippen LogP contribution in [-0.4, -0.2) is 41.2 Å². The molecule has 4 aromatic rings. The quantitative estimate of drug-likeness (QED) is 0.185. The first-order chi connectivity index (χ1) is 23.6. The molecule has 3 amide bonds. The maximum absolute atomic E-state index is 14.1. The number of nitrogens with zero attached hydrogens (tertiary/aromatic N) is 1. The van der Waals surface area contributed by atoms with Gasteiger partial charge in [0, 0.05) is 21.7 Å². The van der Waals surface area contributed by atoms with Gasteiger partial charge in [0.15, 0.2) is 18.1 Å². The Balaban J connectivity index is 1.09. The zero-order valence-electron chi connectivity index (χ0n) is 26.4. The second kappa shape index (κ2) is 12.5. The number of anilines is 2. The summed E-state index contributed by atoms with van der Waals surface area (Å²) in [6.45, 7) is 3.94. The number of amides is 3. The van der Waals surface area contributed by atoms with Crippen molar-refractivity contribution in [3.05, 3.63) is 96.4 Å². The molecular weight excluding hydrogens is 705 g/mol. The molecule has 0 radical (unpaired) electrons. The highest BCUT2D eigenvalue weighted by Gasteiger charge is 2.69. The Morgan fingerprint density at radius 3 is 2.43 bits per heavy atom. The highest BCUT2D eigenvalue weighted by molar-refractivity contribution is 8.00. The fraction of sp³-hybridized carbons (Fsp3) is 0.333. The molecule has 252 valence electrons. The van der Waals surface area contributed by atoms with Gasteiger partial charge >= 0.3 is 4.87 Å². The Morgan fingerprint density at radius 2 is 1.69 bits per heavy atom. The summed E-state index contributed by atoms with van der Waals surface area (Å²) in [5, 5.41) is 4.35. The average Bonchev–Trinajstić information content (AvgIpc) is 3.81. The van der Waals surface area contributed by atoms with Gasteiger partial charge in [0.25, 0.3) is 5.91 Å². The van der Waals surface area contributed by atoms with Crippen LogP contribution < -0.4 is 24.6 Å². The van der Waals surface area contributed by atoms with E-state index in [1.807, 2.05) is 50.2 Å². The highest BCUT2D eigenvalue weighted by Crippen LogP contribution is 2.68. The summed E-state index contributed by atoms with van der Waals surface area (Å²) in [6.07, 6.45) is 0.792. The number of fused-ring (bicyclic) bond motifs is 9. The Hall–Kier alpha value is -3.77. The SMILES string of the molecule is CCOc1cc([C@@H]2c3sc(=O)[nH]c3S[C@@H]3[C@@H]4C[C@@H]([C@@H]5C(=O)N(c6ccc(C)cc6)C(=O)[C@@H]45)[C@H]23)ccc1OCC(=O)Nc1ccc(Cl)c(Cl)c1. The van der Waals surface area contributed by atoms with Crippen LogP contribution in [-0.2, 0) is 14.4 Å². The van der Waals surface area contributed by atoms with Crippen LogP contribution in [0.25, 0.3) is 0 Å². The van der Waals surface area contributed by atoms with Crippen LogP contribution in [0.4, 0.5) is 11.4 Å². The predicted molar refractivity (Wildman–Crippen MR) is 190 cm³/mol. The first-order valence-corrected chi connectivity index (χ1v) is 18.6. The maximum Gasteiger partial charge on any atom is 0.305 e. The normalized spacial score (nSPS) is 26.4. The van der Waals surface area contributed by atoms with E-state index in [9.17, 15) is 19.2 Å². The third kappa shape index (κ3) is 5.46. The van der Waals surface area contributed by atoms with Crippen molar-refractivity contribution in [3.8, 4) is 11.5 Å². The van der Waals surface area contributed by atoms with Crippen molar-refractivity contribution in [3.63, 3.8) is 0 Å². The predicted octanol–water partition coefficient (Wildman–Crippen LogP) is 7.15. The number of hydrogen-bond donors (Lipinski definition) is 2. The Bertz CT molecular complexity index is 2070. The number of ether oxygens (including phenoxy) is 2. The standard InChI is InChI=1S/C36H31Cl2N3O6S2/c1-3-46-25-12-17(6-11-24(25)47-15-26(42)39-18-7-10-22(37)23(38)13-18)27-28-20-14-21(31(28)48-33-32(27)49-36(45)40-33)30-29(20)34(43)41(35(30)44)19-8-4-16(2)5-9-19/h4-13,20-21,27-31H,3,14-15H2,1-2H3,(H,39,42)(H,40,45)/t20-,21-,27+,28-,29+,30+,31-/m1/s1. The Morgan fingerprint density at radius 1 is 0.939 bits per heavy atom. The van der Waals surface area contributed by atoms with E-state index < -0.39 is 5.92 Å². The fourth-order valence-corrected chi connectivity index (χ4v) is 11.5. The molecule has 0 spiro atoms. The molecule has 2 aliphatic heterocycles. The lowest BCUT2D eigenvalue weighted by atomic mass is 9.68. The van der Waals surface area contributed by atoms with Gasteiger partial charge in [-0.1, -0.05) is 58.3 Å². The topological polar surface area (TPSA) is 118 Å². The van der Waals surface area contributed by atoms with E-state index in [0.717, 1.165) is 27.5 Å². The molecule has 3 heterocycles. The van der Waals surface area contributed by atoms with E-state index in [-0.39, 0.29) is 64.0 Å². The minimum Gasteiger partial charge on any atom is -0.490 e. The van der Waals surface area contributed by atoms with E-state index in [4.69, 9.17) is 32.7 Å². The summed E-state index contributed by atoms with van der Waals surface area (Å²) >= 11 is 14.9. The van der Waals surface area contributed by atoms with Crippen LogP contribution >= 0.6 is 46.3 Å². The number of aryl methyl sites for hydroxylation is 1. The summed E-state index contributed by atoms with van der Waals surface area (Å²) in [5.41, 5.74) is 3.10. The number of carbonyl (C=O) groups is 3. The lowest BCUT2D eigenvalue weighted by Gasteiger charge is -2.43. The minimum atomic E-state index is -0.400. The van der Waals surface area contributed by atoms with Gasteiger partial charge in [0.1, 0.15) is 0 Å². The number of aromatic nitrogens is 1. The van der Waals surface area contributed by atoms with Crippen molar-refractivity contribution < 1.29 is 23.9 Å². The molecule has 4 aliphatic rings. The summed E-state index contributed by atoms with van der Waals surface area (Å²) < 4.78 is 12.0. The van der Waals surface area contributed by atoms with Gasteiger partial charge in [-0.15, -0.1) is 11.8 Å². The van der Waals surface area contributed by atoms with Crippen molar-refractivity contribution in [2.24, 2.45) is 29.6 Å². The van der Waals surface area contributed by atoms with Gasteiger partial charge in [-0.25, -0.2) is 0 Å². The number of hydrogen-bond acceptors (Lipinski definition) is 8. The number of H-pyrrole nitrogens is 1. The minimum absolute atomic E-state index is 0.0129. The van der Waals surface area contributed by atoms with Crippen LogP contribution in [0.1, 0.15) is 35.3 Å². The zero-order chi connectivity index (χ0) is 34.1. The van der Waals surface area contributed by atoms with Gasteiger partial charge in [-0.2, -0.15) is 0 Å². The van der Waals surface area contributed by atoms with Crippen LogP contribution in [0.5, 0.6) is 11.5 Å². The number of nitrogens with one attached hydrogen (secondary N) is 2. The second-order valence-corrected chi connectivity index (χ2v) is 15.9. The van der Waals surface area contributed by atoms with E-state index in [1.165, 1.54) is 16.2 Å². The van der Waals surface area contributed by atoms with E-state index in [1.54, 1.807) is 36.0 Å². The van der Waals surface area contributed by atoms with Gasteiger partial charge in [0.05, 0.1) is 39.2 Å². The largest absolute Gasteiger partial charge is 0.490 e. The molecule has 13 heteroatoms. The number of benzene rings is 3. The third-order valence-corrected chi connectivity index (χ3v) is 13.5. The van der Waals surface area contributed by atoms with Crippen molar-refractivity contribution in [2.75, 3.05) is 23.4 Å². The molecule has 2 saturated carbocycles. The molecule has 1 saturated heterocycles. The number of thiazole rings is 1. The van der Waals surface area contributed by atoms with Crippen LogP contribution in [0, 0.1) is 36.5 Å². The molecule has 8 rings (SSSR count). The molecular formula is C36H31Cl2N3O6S2. The van der Waals surface area contributed by atoms with Crippen LogP contribution in [0.3, 0.4) is 0 Å². The molecule has 2 bridgehead atoms. The monoisotopic (exact) mass is 735 g/mol. The van der Waals surface area contributed by atoms with Crippen LogP contribution in [0.2, 0.25) is 10.0 Å². The van der Waals surface area contributed by atoms with Crippen molar-refractivity contribution in [2.45, 2.75) is 36.5 Å². The van der Waals surface area contributed by atoms with Crippen molar-refractivity contribution in [1.82, 2.24) is 4.98 Å². The first kappa shape index (κ1) is 32.4. The fourth-order valence-electron chi connectivity index (χ4n) is 8.36.